The molecule has 2 aromatic carbocycles. The number of aromatic nitrogens is 4. The summed E-state index contributed by atoms with van der Waals surface area (Å²) in [5, 5.41) is 3.64. The van der Waals surface area contributed by atoms with Gasteiger partial charge in [-0.3, -0.25) is 10.1 Å². The molecule has 5 rings (SSSR count). The Morgan fingerprint density at radius 1 is 1.17 bits per heavy atom. The molecule has 0 saturated carbocycles. The number of amides is 1. The number of imidazole rings is 1. The number of aryl methyl sites for hydroxylation is 1. The lowest BCUT2D eigenvalue weighted by Gasteiger charge is -2.02. The van der Waals surface area contributed by atoms with Gasteiger partial charge in [0, 0.05) is 35.9 Å². The molecule has 5 aromatic rings. The van der Waals surface area contributed by atoms with Crippen molar-refractivity contribution in [3.63, 3.8) is 0 Å². The third-order valence-electron chi connectivity index (χ3n) is 4.77. The summed E-state index contributed by atoms with van der Waals surface area (Å²) < 4.78 is 15.9. The molecule has 0 spiro atoms. The largest absolute Gasteiger partial charge is 0.350 e. The molecule has 0 aliphatic carbocycles. The van der Waals surface area contributed by atoms with Crippen LogP contribution in [0, 0.1) is 5.82 Å². The normalized spacial score (nSPS) is 11.1. The Bertz CT molecular complexity index is 1370. The highest BCUT2D eigenvalue weighted by Gasteiger charge is 2.20. The maximum Gasteiger partial charge on any atom is 0.273 e. The van der Waals surface area contributed by atoms with E-state index in [1.165, 1.54) is 23.5 Å². The highest BCUT2D eigenvalue weighted by molar-refractivity contribution is 7.19. The lowest BCUT2D eigenvalue weighted by Crippen LogP contribution is -2.11. The molecule has 0 unspecified atom stereocenters. The number of rotatable bonds is 4. The fourth-order valence-electron chi connectivity index (χ4n) is 3.31. The summed E-state index contributed by atoms with van der Waals surface area (Å²) in [4.78, 5) is 25.7. The van der Waals surface area contributed by atoms with E-state index in [2.05, 4.69) is 20.3 Å². The molecular weight excluding hydrogens is 401 g/mol. The number of hydrogen-bond donors (Lipinski definition) is 2. The standard InChI is InChI=1S/C22H16FN5OS/c1-28-11-10-24-20(28)19-18(13-6-3-2-4-7-13)26-22(30-19)27-21(29)17-12-14-15(23)8-5-9-16(14)25-17/h2-12,25H,1H3,(H,26,27,29). The van der Waals surface area contributed by atoms with E-state index in [1.807, 2.05) is 48.1 Å². The van der Waals surface area contributed by atoms with Crippen LogP contribution in [0.5, 0.6) is 0 Å². The highest BCUT2D eigenvalue weighted by Crippen LogP contribution is 2.38. The summed E-state index contributed by atoms with van der Waals surface area (Å²) in [6.07, 6.45) is 3.59. The van der Waals surface area contributed by atoms with Crippen LogP contribution in [-0.4, -0.2) is 25.4 Å². The number of H-pyrrole nitrogens is 1. The average Bonchev–Trinajstić information content (AvgIpc) is 3.47. The van der Waals surface area contributed by atoms with Crippen molar-refractivity contribution in [2.24, 2.45) is 7.05 Å². The third kappa shape index (κ3) is 3.17. The summed E-state index contributed by atoms with van der Waals surface area (Å²) in [6, 6.07) is 15.9. The number of nitrogens with zero attached hydrogens (tertiary/aromatic N) is 3. The Morgan fingerprint density at radius 2 is 2.00 bits per heavy atom. The van der Waals surface area contributed by atoms with E-state index in [0.29, 0.717) is 16.0 Å². The van der Waals surface area contributed by atoms with Gasteiger partial charge in [0.2, 0.25) is 0 Å². The molecule has 0 atom stereocenters. The van der Waals surface area contributed by atoms with Gasteiger partial charge in [-0.1, -0.05) is 47.7 Å². The van der Waals surface area contributed by atoms with E-state index in [1.54, 1.807) is 18.3 Å². The van der Waals surface area contributed by atoms with Crippen LogP contribution in [0.2, 0.25) is 0 Å². The van der Waals surface area contributed by atoms with Crippen molar-refractivity contribution in [2.45, 2.75) is 0 Å². The molecule has 0 bridgehead atoms. The maximum atomic E-state index is 14.0. The molecule has 0 aliphatic heterocycles. The molecule has 0 radical (unpaired) electrons. The van der Waals surface area contributed by atoms with Gasteiger partial charge in [-0.15, -0.1) is 0 Å². The second-order valence-corrected chi connectivity index (χ2v) is 7.76. The second-order valence-electron chi connectivity index (χ2n) is 6.76. The summed E-state index contributed by atoms with van der Waals surface area (Å²) in [5.74, 6) is 0.00497. The van der Waals surface area contributed by atoms with Gasteiger partial charge in [0.25, 0.3) is 5.91 Å². The Kier molecular flexibility index (Phi) is 4.40. The van der Waals surface area contributed by atoms with Gasteiger partial charge in [0.05, 0.1) is 10.6 Å². The molecule has 0 fully saturated rings. The molecule has 30 heavy (non-hydrogen) atoms. The summed E-state index contributed by atoms with van der Waals surface area (Å²) >= 11 is 1.34. The molecule has 0 aliphatic rings. The van der Waals surface area contributed by atoms with Gasteiger partial charge in [0.15, 0.2) is 11.0 Å². The smallest absolute Gasteiger partial charge is 0.273 e. The number of carbonyl (C=O) groups is 1. The zero-order valence-corrected chi connectivity index (χ0v) is 16.7. The topological polar surface area (TPSA) is 75.6 Å². The van der Waals surface area contributed by atoms with E-state index < -0.39 is 0 Å². The van der Waals surface area contributed by atoms with E-state index in [4.69, 9.17) is 0 Å². The summed E-state index contributed by atoms with van der Waals surface area (Å²) in [7, 11) is 1.91. The lowest BCUT2D eigenvalue weighted by atomic mass is 10.1. The van der Waals surface area contributed by atoms with Crippen molar-refractivity contribution in [1.29, 1.82) is 0 Å². The predicted molar refractivity (Wildman–Crippen MR) is 116 cm³/mol. The molecule has 3 heterocycles. The van der Waals surface area contributed by atoms with Gasteiger partial charge in [-0.2, -0.15) is 0 Å². The quantitative estimate of drug-likeness (QED) is 0.428. The average molecular weight is 417 g/mol. The Hall–Kier alpha value is -3.78. The molecule has 2 N–H and O–H groups in total. The number of fused-ring (bicyclic) bond motifs is 1. The number of nitrogens with one attached hydrogen (secondary N) is 2. The van der Waals surface area contributed by atoms with Crippen LogP contribution < -0.4 is 5.32 Å². The van der Waals surface area contributed by atoms with Crippen LogP contribution >= 0.6 is 11.3 Å². The van der Waals surface area contributed by atoms with Crippen LogP contribution in [0.3, 0.4) is 0 Å². The van der Waals surface area contributed by atoms with Gasteiger partial charge in [0.1, 0.15) is 11.5 Å². The predicted octanol–water partition coefficient (Wildman–Crippen LogP) is 5.08. The number of carbonyl (C=O) groups excluding carboxylic acids is 1. The Balaban J connectivity index is 1.53. The first-order valence-electron chi connectivity index (χ1n) is 9.22. The number of hydrogen-bond acceptors (Lipinski definition) is 4. The van der Waals surface area contributed by atoms with Crippen molar-refractivity contribution in [1.82, 2.24) is 19.5 Å². The highest BCUT2D eigenvalue weighted by atomic mass is 32.1. The first kappa shape index (κ1) is 18.3. The van der Waals surface area contributed by atoms with E-state index in [-0.39, 0.29) is 17.4 Å². The van der Waals surface area contributed by atoms with Crippen LogP contribution in [0.4, 0.5) is 9.52 Å². The number of aromatic amines is 1. The Labute approximate surface area is 175 Å². The maximum absolute atomic E-state index is 14.0. The Morgan fingerprint density at radius 3 is 2.73 bits per heavy atom. The first-order chi connectivity index (χ1) is 14.6. The van der Waals surface area contributed by atoms with Crippen molar-refractivity contribution in [3.05, 3.63) is 78.5 Å². The van der Waals surface area contributed by atoms with Gasteiger partial charge < -0.3 is 9.55 Å². The summed E-state index contributed by atoms with van der Waals surface area (Å²) in [5.41, 5.74) is 2.51. The lowest BCUT2D eigenvalue weighted by molar-refractivity contribution is 0.102. The van der Waals surface area contributed by atoms with Gasteiger partial charge in [-0.25, -0.2) is 14.4 Å². The molecule has 1 amide bonds. The van der Waals surface area contributed by atoms with E-state index >= 15 is 0 Å². The van der Waals surface area contributed by atoms with Crippen LogP contribution in [-0.2, 0) is 7.05 Å². The van der Waals surface area contributed by atoms with Gasteiger partial charge in [-0.05, 0) is 18.2 Å². The number of halogens is 1. The van der Waals surface area contributed by atoms with E-state index in [9.17, 15) is 9.18 Å². The van der Waals surface area contributed by atoms with Gasteiger partial charge >= 0.3 is 0 Å². The molecule has 3 aromatic heterocycles. The number of thiazole rings is 1. The number of benzene rings is 2. The fraction of sp³-hybridized carbons (Fsp3) is 0.0455. The van der Waals surface area contributed by atoms with Crippen LogP contribution in [0.15, 0.2) is 67.0 Å². The van der Waals surface area contributed by atoms with Crippen molar-refractivity contribution >= 4 is 33.3 Å². The SMILES string of the molecule is Cn1ccnc1-c1sc(NC(=O)c2cc3c(F)cccc3[nH]2)nc1-c1ccccc1. The van der Waals surface area contributed by atoms with Crippen molar-refractivity contribution in [2.75, 3.05) is 5.32 Å². The van der Waals surface area contributed by atoms with Crippen LogP contribution in [0.1, 0.15) is 10.5 Å². The fourth-order valence-corrected chi connectivity index (χ4v) is 4.33. The zero-order valence-electron chi connectivity index (χ0n) is 15.9. The third-order valence-corrected chi connectivity index (χ3v) is 5.74. The second kappa shape index (κ2) is 7.23. The molecular formula is C22H16FN5OS. The van der Waals surface area contributed by atoms with E-state index in [0.717, 1.165) is 22.0 Å². The minimum absolute atomic E-state index is 0.269. The van der Waals surface area contributed by atoms with Crippen LogP contribution in [0.25, 0.3) is 32.9 Å². The molecule has 6 nitrogen and oxygen atoms in total. The zero-order chi connectivity index (χ0) is 20.7. The summed E-state index contributed by atoms with van der Waals surface area (Å²) in [6.45, 7) is 0. The minimum Gasteiger partial charge on any atom is -0.350 e. The van der Waals surface area contributed by atoms with Crippen molar-refractivity contribution in [3.8, 4) is 22.0 Å². The molecule has 0 saturated heterocycles. The molecule has 8 heteroatoms. The number of anilines is 1. The monoisotopic (exact) mass is 417 g/mol. The minimum atomic E-state index is -0.384. The first-order valence-corrected chi connectivity index (χ1v) is 10.0. The van der Waals surface area contributed by atoms with Crippen molar-refractivity contribution < 1.29 is 9.18 Å². The molecule has 148 valence electrons.